The van der Waals surface area contributed by atoms with Crippen LogP contribution in [-0.4, -0.2) is 36.0 Å². The lowest BCUT2D eigenvalue weighted by atomic mass is 9.96. The van der Waals surface area contributed by atoms with Gasteiger partial charge in [0.05, 0.1) is 19.3 Å². The molecule has 9 heteroatoms. The standard InChI is InChI=1S/C29H31N3O5S/c1-4-36-24-16-13-21(17-23(24)29(35)37-5-2)18(3)31-27(33)25(19-9-7-6-8-10-19)28(34)32-22-14-11-20(12-15-22)26(30)38/h6-18,25H,4-5H2,1-3H3,(H2,30,38)(H,31,33)(H,32,34). The van der Waals surface area contributed by atoms with Gasteiger partial charge in [-0.15, -0.1) is 0 Å². The van der Waals surface area contributed by atoms with E-state index >= 15 is 0 Å². The third-order valence-corrected chi connectivity index (χ3v) is 5.99. The van der Waals surface area contributed by atoms with E-state index in [4.69, 9.17) is 27.4 Å². The van der Waals surface area contributed by atoms with Crippen LogP contribution in [0, 0.1) is 0 Å². The summed E-state index contributed by atoms with van der Waals surface area (Å²) in [6.07, 6.45) is 0. The van der Waals surface area contributed by atoms with Crippen molar-refractivity contribution in [1.82, 2.24) is 5.32 Å². The van der Waals surface area contributed by atoms with E-state index in [1.165, 1.54) is 0 Å². The molecule has 3 aromatic carbocycles. The van der Waals surface area contributed by atoms with Crippen molar-refractivity contribution in [2.75, 3.05) is 18.5 Å². The molecule has 3 rings (SSSR count). The Morgan fingerprint density at radius 3 is 2.18 bits per heavy atom. The average molecular weight is 534 g/mol. The SMILES string of the molecule is CCOC(=O)c1cc(C(C)NC(=O)C(C(=O)Nc2ccc(C(N)=S)cc2)c2ccccc2)ccc1OCC. The van der Waals surface area contributed by atoms with E-state index in [9.17, 15) is 14.4 Å². The van der Waals surface area contributed by atoms with Crippen LogP contribution in [0.15, 0.2) is 72.8 Å². The molecule has 0 aliphatic rings. The molecule has 0 radical (unpaired) electrons. The minimum absolute atomic E-state index is 0.219. The van der Waals surface area contributed by atoms with Crippen LogP contribution in [0.4, 0.5) is 5.69 Å². The van der Waals surface area contributed by atoms with Crippen LogP contribution >= 0.6 is 12.2 Å². The summed E-state index contributed by atoms with van der Waals surface area (Å²) in [6.45, 7) is 5.92. The van der Waals surface area contributed by atoms with Gasteiger partial charge in [0.15, 0.2) is 0 Å². The van der Waals surface area contributed by atoms with Crippen molar-refractivity contribution in [3.63, 3.8) is 0 Å². The highest BCUT2D eigenvalue weighted by molar-refractivity contribution is 7.80. The molecule has 2 unspecified atom stereocenters. The third-order valence-electron chi connectivity index (χ3n) is 5.75. The van der Waals surface area contributed by atoms with Crippen LogP contribution in [0.25, 0.3) is 0 Å². The molecule has 198 valence electrons. The molecule has 0 aromatic heterocycles. The number of carbonyl (C=O) groups excluding carboxylic acids is 3. The van der Waals surface area contributed by atoms with Crippen LogP contribution in [0.3, 0.4) is 0 Å². The van der Waals surface area contributed by atoms with E-state index in [0.29, 0.717) is 34.7 Å². The molecule has 0 saturated carbocycles. The van der Waals surface area contributed by atoms with Crippen molar-refractivity contribution >= 4 is 40.7 Å². The highest BCUT2D eigenvalue weighted by atomic mass is 32.1. The zero-order valence-corrected chi connectivity index (χ0v) is 22.3. The van der Waals surface area contributed by atoms with Gasteiger partial charge in [-0.25, -0.2) is 4.79 Å². The second-order valence-corrected chi connectivity index (χ2v) is 8.85. The van der Waals surface area contributed by atoms with E-state index in [1.54, 1.807) is 80.6 Å². The summed E-state index contributed by atoms with van der Waals surface area (Å²) in [7, 11) is 0. The smallest absolute Gasteiger partial charge is 0.341 e. The fourth-order valence-electron chi connectivity index (χ4n) is 3.85. The largest absolute Gasteiger partial charge is 0.493 e. The summed E-state index contributed by atoms with van der Waals surface area (Å²) < 4.78 is 10.7. The first kappa shape index (κ1) is 28.3. The molecule has 8 nitrogen and oxygen atoms in total. The second-order valence-electron chi connectivity index (χ2n) is 8.41. The molecule has 0 aliphatic carbocycles. The van der Waals surface area contributed by atoms with Crippen molar-refractivity contribution in [3.8, 4) is 5.75 Å². The zero-order chi connectivity index (χ0) is 27.7. The van der Waals surface area contributed by atoms with E-state index < -0.39 is 29.7 Å². The van der Waals surface area contributed by atoms with Crippen molar-refractivity contribution in [3.05, 3.63) is 95.1 Å². The minimum atomic E-state index is -1.12. The lowest BCUT2D eigenvalue weighted by molar-refractivity contribution is -0.129. The van der Waals surface area contributed by atoms with Gasteiger partial charge in [-0.05, 0) is 68.3 Å². The Bertz CT molecular complexity index is 1300. The molecule has 4 N–H and O–H groups in total. The number of thiocarbonyl (C=S) groups is 1. The first-order valence-corrected chi connectivity index (χ1v) is 12.7. The van der Waals surface area contributed by atoms with Gasteiger partial charge in [0, 0.05) is 11.3 Å². The zero-order valence-electron chi connectivity index (χ0n) is 21.5. The highest BCUT2D eigenvalue weighted by Gasteiger charge is 2.30. The number of anilines is 1. The topological polar surface area (TPSA) is 120 Å². The predicted molar refractivity (Wildman–Crippen MR) is 150 cm³/mol. The van der Waals surface area contributed by atoms with Crippen molar-refractivity contribution < 1.29 is 23.9 Å². The molecule has 0 aliphatic heterocycles. The number of nitrogens with one attached hydrogen (secondary N) is 2. The molecule has 3 aromatic rings. The van der Waals surface area contributed by atoms with Crippen LogP contribution in [-0.2, 0) is 14.3 Å². The molecule has 0 heterocycles. The lowest BCUT2D eigenvalue weighted by Crippen LogP contribution is -2.38. The van der Waals surface area contributed by atoms with E-state index in [1.807, 2.05) is 13.0 Å². The maximum absolute atomic E-state index is 13.5. The summed E-state index contributed by atoms with van der Waals surface area (Å²) in [5, 5.41) is 5.71. The molecule has 2 amide bonds. The van der Waals surface area contributed by atoms with E-state index in [-0.39, 0.29) is 17.2 Å². The fraction of sp³-hybridized carbons (Fsp3) is 0.241. The number of hydrogen-bond acceptors (Lipinski definition) is 6. The third kappa shape index (κ3) is 7.17. The Hall–Kier alpha value is -4.24. The van der Waals surface area contributed by atoms with Gasteiger partial charge < -0.3 is 25.8 Å². The molecule has 0 bridgehead atoms. The number of benzene rings is 3. The van der Waals surface area contributed by atoms with Gasteiger partial charge in [0.25, 0.3) is 0 Å². The Balaban J connectivity index is 1.84. The van der Waals surface area contributed by atoms with Gasteiger partial charge in [-0.1, -0.05) is 48.6 Å². The Kier molecular flexibility index (Phi) is 9.95. The number of nitrogens with two attached hydrogens (primary N) is 1. The van der Waals surface area contributed by atoms with E-state index in [2.05, 4.69) is 10.6 Å². The summed E-state index contributed by atoms with van der Waals surface area (Å²) in [5.41, 5.74) is 8.28. The van der Waals surface area contributed by atoms with Gasteiger partial charge in [-0.2, -0.15) is 0 Å². The number of hydrogen-bond donors (Lipinski definition) is 3. The summed E-state index contributed by atoms with van der Waals surface area (Å²) in [4.78, 5) is 39.5. The van der Waals surface area contributed by atoms with Crippen LogP contribution in [0.2, 0.25) is 0 Å². The summed E-state index contributed by atoms with van der Waals surface area (Å²) >= 11 is 4.97. The van der Waals surface area contributed by atoms with Gasteiger partial charge in [0.1, 0.15) is 22.2 Å². The van der Waals surface area contributed by atoms with Crippen molar-refractivity contribution in [1.29, 1.82) is 0 Å². The van der Waals surface area contributed by atoms with Crippen LogP contribution in [0.1, 0.15) is 59.8 Å². The molecule has 0 fully saturated rings. The summed E-state index contributed by atoms with van der Waals surface area (Å²) in [6, 6.07) is 20.1. The average Bonchev–Trinajstić information content (AvgIpc) is 2.90. The molecule has 2 atom stereocenters. The van der Waals surface area contributed by atoms with Gasteiger partial charge in [-0.3, -0.25) is 9.59 Å². The highest BCUT2D eigenvalue weighted by Crippen LogP contribution is 2.26. The first-order valence-electron chi connectivity index (χ1n) is 12.2. The van der Waals surface area contributed by atoms with Crippen molar-refractivity contribution in [2.45, 2.75) is 32.7 Å². The molecular formula is C29H31N3O5S. The second kappa shape index (κ2) is 13.3. The van der Waals surface area contributed by atoms with Gasteiger partial charge in [0.2, 0.25) is 11.8 Å². The first-order chi connectivity index (χ1) is 18.2. The number of ether oxygens (including phenoxy) is 2. The maximum atomic E-state index is 13.5. The predicted octanol–water partition coefficient (Wildman–Crippen LogP) is 4.50. The molecule has 0 saturated heterocycles. The number of amides is 2. The number of carbonyl (C=O) groups is 3. The molecule has 38 heavy (non-hydrogen) atoms. The Labute approximate surface area is 227 Å². The number of esters is 1. The molecular weight excluding hydrogens is 502 g/mol. The summed E-state index contributed by atoms with van der Waals surface area (Å²) in [5.74, 6) is -2.23. The fourth-order valence-corrected chi connectivity index (χ4v) is 3.98. The van der Waals surface area contributed by atoms with Crippen LogP contribution in [0.5, 0.6) is 5.75 Å². The molecule has 0 spiro atoms. The Morgan fingerprint density at radius 2 is 1.58 bits per heavy atom. The maximum Gasteiger partial charge on any atom is 0.341 e. The minimum Gasteiger partial charge on any atom is -0.493 e. The number of rotatable bonds is 11. The van der Waals surface area contributed by atoms with Crippen molar-refractivity contribution in [2.24, 2.45) is 5.73 Å². The monoisotopic (exact) mass is 533 g/mol. The Morgan fingerprint density at radius 1 is 0.895 bits per heavy atom. The lowest BCUT2D eigenvalue weighted by Gasteiger charge is -2.21. The van der Waals surface area contributed by atoms with Gasteiger partial charge >= 0.3 is 5.97 Å². The van der Waals surface area contributed by atoms with Crippen LogP contribution < -0.4 is 21.1 Å². The normalized spacial score (nSPS) is 12.1. The van der Waals surface area contributed by atoms with E-state index in [0.717, 1.165) is 0 Å². The quantitative estimate of drug-likeness (QED) is 0.189.